The third kappa shape index (κ3) is 7.13. The molecule has 218 valence electrons. The molecule has 8 heteroatoms. The van der Waals surface area contributed by atoms with E-state index in [1.165, 1.54) is 19.3 Å². The lowest BCUT2D eigenvalue weighted by atomic mass is 9.81. The molecule has 1 heterocycles. The quantitative estimate of drug-likeness (QED) is 0.426. The van der Waals surface area contributed by atoms with E-state index in [0.717, 1.165) is 70.8 Å². The van der Waals surface area contributed by atoms with Crippen molar-refractivity contribution in [3.05, 3.63) is 0 Å². The van der Waals surface area contributed by atoms with Crippen LogP contribution in [0.2, 0.25) is 0 Å². The van der Waals surface area contributed by atoms with Crippen LogP contribution in [-0.4, -0.2) is 66.5 Å². The molecule has 0 radical (unpaired) electrons. The van der Waals surface area contributed by atoms with Crippen molar-refractivity contribution in [2.45, 2.75) is 152 Å². The molecule has 38 heavy (non-hydrogen) atoms. The van der Waals surface area contributed by atoms with Crippen molar-refractivity contribution in [3.63, 3.8) is 0 Å². The second-order valence-electron chi connectivity index (χ2n) is 13.1. The minimum absolute atomic E-state index is 0.0292. The van der Waals surface area contributed by atoms with Crippen molar-refractivity contribution in [3.8, 4) is 0 Å². The number of rotatable bonds is 9. The van der Waals surface area contributed by atoms with Crippen LogP contribution in [-0.2, 0) is 24.2 Å². The molecular formula is C30H52N2O5S. The Morgan fingerprint density at radius 1 is 0.868 bits per heavy atom. The minimum atomic E-state index is -2.97. The van der Waals surface area contributed by atoms with E-state index in [0.29, 0.717) is 31.2 Å². The van der Waals surface area contributed by atoms with Gasteiger partial charge in [0.2, 0.25) is 11.8 Å². The molecule has 4 rings (SSSR count). The molecule has 2 amide bonds. The molecule has 0 aromatic carbocycles. The Bertz CT molecular complexity index is 892. The molecule has 7 nitrogen and oxygen atoms in total. The third-order valence-corrected chi connectivity index (χ3v) is 12.4. The zero-order valence-corrected chi connectivity index (χ0v) is 24.9. The molecule has 1 unspecified atom stereocenters. The Labute approximate surface area is 231 Å². The van der Waals surface area contributed by atoms with Gasteiger partial charge < -0.3 is 15.0 Å². The summed E-state index contributed by atoms with van der Waals surface area (Å²) < 4.78 is 30.4. The molecule has 4 aliphatic rings. The van der Waals surface area contributed by atoms with Crippen molar-refractivity contribution in [1.82, 2.24) is 10.2 Å². The molecule has 0 spiro atoms. The van der Waals surface area contributed by atoms with Gasteiger partial charge in [-0.05, 0) is 96.8 Å². The van der Waals surface area contributed by atoms with Gasteiger partial charge in [-0.3, -0.25) is 9.59 Å². The van der Waals surface area contributed by atoms with E-state index < -0.39 is 9.84 Å². The Kier molecular flexibility index (Phi) is 10.2. The van der Waals surface area contributed by atoms with Crippen LogP contribution in [0.25, 0.3) is 0 Å². The van der Waals surface area contributed by atoms with Crippen LogP contribution in [0.5, 0.6) is 0 Å². The van der Waals surface area contributed by atoms with E-state index in [1.54, 1.807) is 6.92 Å². The Balaban J connectivity index is 1.27. The fraction of sp³-hybridized carbons (Fsp3) is 0.933. The van der Waals surface area contributed by atoms with Gasteiger partial charge in [0.1, 0.15) is 0 Å². The van der Waals surface area contributed by atoms with E-state index in [1.807, 2.05) is 0 Å². The number of nitrogens with zero attached hydrogens (tertiary/aromatic N) is 1. The monoisotopic (exact) mass is 552 g/mol. The molecule has 3 aliphatic carbocycles. The normalized spacial score (nSPS) is 31.6. The number of carbonyl (C=O) groups excluding carboxylic acids is 2. The first-order valence-electron chi connectivity index (χ1n) is 15.6. The van der Waals surface area contributed by atoms with Crippen LogP contribution in [0.1, 0.15) is 124 Å². The molecule has 0 aromatic heterocycles. The lowest BCUT2D eigenvalue weighted by Crippen LogP contribution is -2.61. The fourth-order valence-electron chi connectivity index (χ4n) is 7.72. The number of hydrogen-bond acceptors (Lipinski definition) is 5. The van der Waals surface area contributed by atoms with Gasteiger partial charge in [-0.1, -0.05) is 26.2 Å². The van der Waals surface area contributed by atoms with Crippen molar-refractivity contribution >= 4 is 21.7 Å². The highest BCUT2D eigenvalue weighted by Gasteiger charge is 2.46. The van der Waals surface area contributed by atoms with Crippen molar-refractivity contribution in [2.24, 2.45) is 11.8 Å². The standard InChI is InChI=1S/C30H52N2O5S/c1-4-38(35,36)26-18-12-22(13-19-26)21-28(33)31-24-16-14-23(15-17-24)29(34)32(25-9-6-5-7-10-25)30(2,3)27-11-8-20-37-27/h22-27H,4-21H2,1-3H3,(H,31,33). The summed E-state index contributed by atoms with van der Waals surface area (Å²) in [6.07, 6.45) is 14.9. The summed E-state index contributed by atoms with van der Waals surface area (Å²) in [5, 5.41) is 3.02. The highest BCUT2D eigenvalue weighted by Crippen LogP contribution is 2.38. The number of nitrogens with one attached hydrogen (secondary N) is 1. The Hall–Kier alpha value is -1.15. The Morgan fingerprint density at radius 2 is 1.53 bits per heavy atom. The lowest BCUT2D eigenvalue weighted by Gasteiger charge is -2.49. The van der Waals surface area contributed by atoms with Gasteiger partial charge in [-0.15, -0.1) is 0 Å². The molecule has 3 saturated carbocycles. The van der Waals surface area contributed by atoms with Gasteiger partial charge in [0, 0.05) is 36.8 Å². The van der Waals surface area contributed by atoms with Crippen LogP contribution in [0.4, 0.5) is 0 Å². The second kappa shape index (κ2) is 13.0. The van der Waals surface area contributed by atoms with E-state index in [2.05, 4.69) is 24.1 Å². The minimum Gasteiger partial charge on any atom is -0.376 e. The molecule has 1 aliphatic heterocycles. The van der Waals surface area contributed by atoms with E-state index in [9.17, 15) is 18.0 Å². The van der Waals surface area contributed by atoms with Gasteiger partial charge in [0.25, 0.3) is 0 Å². The molecule has 1 atom stereocenters. The zero-order chi connectivity index (χ0) is 27.3. The van der Waals surface area contributed by atoms with Crippen molar-refractivity contribution in [1.29, 1.82) is 0 Å². The zero-order valence-electron chi connectivity index (χ0n) is 24.1. The van der Waals surface area contributed by atoms with Crippen LogP contribution in [0.15, 0.2) is 0 Å². The summed E-state index contributed by atoms with van der Waals surface area (Å²) in [4.78, 5) is 29.1. The van der Waals surface area contributed by atoms with Gasteiger partial charge in [0.15, 0.2) is 9.84 Å². The Morgan fingerprint density at radius 3 is 2.11 bits per heavy atom. The summed E-state index contributed by atoms with van der Waals surface area (Å²) in [5.41, 5.74) is -0.296. The third-order valence-electron chi connectivity index (χ3n) is 10.1. The molecular weight excluding hydrogens is 500 g/mol. The van der Waals surface area contributed by atoms with Crippen molar-refractivity contribution in [2.75, 3.05) is 12.4 Å². The van der Waals surface area contributed by atoms with Crippen LogP contribution in [0, 0.1) is 11.8 Å². The highest BCUT2D eigenvalue weighted by atomic mass is 32.2. The molecule has 0 aromatic rings. The lowest BCUT2D eigenvalue weighted by molar-refractivity contribution is -0.153. The summed E-state index contributed by atoms with van der Waals surface area (Å²) >= 11 is 0. The molecule has 4 fully saturated rings. The summed E-state index contributed by atoms with van der Waals surface area (Å²) in [6.45, 7) is 6.94. The van der Waals surface area contributed by atoms with Gasteiger partial charge in [0.05, 0.1) is 16.9 Å². The fourth-order valence-corrected chi connectivity index (χ4v) is 9.19. The van der Waals surface area contributed by atoms with E-state index in [-0.39, 0.29) is 46.4 Å². The van der Waals surface area contributed by atoms with Crippen molar-refractivity contribution < 1.29 is 22.7 Å². The largest absolute Gasteiger partial charge is 0.376 e. The summed E-state index contributed by atoms with van der Waals surface area (Å²) in [6, 6.07) is 0.452. The average Bonchev–Trinajstić information content (AvgIpc) is 3.46. The predicted octanol–water partition coefficient (Wildman–Crippen LogP) is 5.16. The first-order valence-corrected chi connectivity index (χ1v) is 17.3. The maximum atomic E-state index is 14.1. The number of sulfone groups is 1. The van der Waals surface area contributed by atoms with Gasteiger partial charge in [-0.2, -0.15) is 0 Å². The second-order valence-corrected chi connectivity index (χ2v) is 15.6. The van der Waals surface area contributed by atoms with E-state index in [4.69, 9.17) is 4.74 Å². The molecule has 0 bridgehead atoms. The first kappa shape index (κ1) is 29.8. The van der Waals surface area contributed by atoms with Crippen LogP contribution >= 0.6 is 0 Å². The van der Waals surface area contributed by atoms with Gasteiger partial charge in [-0.25, -0.2) is 8.42 Å². The molecule has 1 saturated heterocycles. The maximum Gasteiger partial charge on any atom is 0.226 e. The SMILES string of the molecule is CCS(=O)(=O)C1CCC(CC(=O)NC2CCC(C(=O)N(C3CCCCC3)C(C)(C)C3CCCO3)CC2)CC1. The molecule has 1 N–H and O–H groups in total. The maximum absolute atomic E-state index is 14.1. The topological polar surface area (TPSA) is 92.8 Å². The van der Waals surface area contributed by atoms with Gasteiger partial charge >= 0.3 is 0 Å². The average molecular weight is 553 g/mol. The number of hydrogen-bond donors (Lipinski definition) is 1. The summed E-state index contributed by atoms with van der Waals surface area (Å²) in [5.74, 6) is 0.908. The first-order chi connectivity index (χ1) is 18.1. The number of amides is 2. The smallest absolute Gasteiger partial charge is 0.226 e. The van der Waals surface area contributed by atoms with E-state index >= 15 is 0 Å². The predicted molar refractivity (Wildman–Crippen MR) is 150 cm³/mol. The number of ether oxygens (including phenoxy) is 1. The summed E-state index contributed by atoms with van der Waals surface area (Å²) in [7, 11) is -2.97. The highest BCUT2D eigenvalue weighted by molar-refractivity contribution is 7.92. The van der Waals surface area contributed by atoms with Crippen LogP contribution in [0.3, 0.4) is 0 Å². The van der Waals surface area contributed by atoms with Crippen LogP contribution < -0.4 is 5.32 Å². The number of carbonyl (C=O) groups is 2.